The third kappa shape index (κ3) is 2.68. The van der Waals surface area contributed by atoms with Crippen LogP contribution in [-0.2, 0) is 0 Å². The number of halogens is 1. The summed E-state index contributed by atoms with van der Waals surface area (Å²) in [5, 5.41) is 4.51. The van der Waals surface area contributed by atoms with Gasteiger partial charge < -0.3 is 5.32 Å². The highest BCUT2D eigenvalue weighted by atomic mass is 35.5. The maximum absolute atomic E-state index is 6.20. The summed E-state index contributed by atoms with van der Waals surface area (Å²) in [6.07, 6.45) is 0. The summed E-state index contributed by atoms with van der Waals surface area (Å²) in [5.41, 5.74) is 1.42. The van der Waals surface area contributed by atoms with Gasteiger partial charge in [-0.1, -0.05) is 29.8 Å². The van der Waals surface area contributed by atoms with E-state index in [1.807, 2.05) is 23.9 Å². The number of hydrogen-bond acceptors (Lipinski definition) is 2. The Bertz CT molecular complexity index is 351. The van der Waals surface area contributed by atoms with Crippen LogP contribution in [0.25, 0.3) is 0 Å². The van der Waals surface area contributed by atoms with E-state index in [1.54, 1.807) is 0 Å². The van der Waals surface area contributed by atoms with Crippen LogP contribution in [0.15, 0.2) is 24.3 Å². The first kappa shape index (κ1) is 11.3. The lowest BCUT2D eigenvalue weighted by Crippen LogP contribution is -2.48. The summed E-state index contributed by atoms with van der Waals surface area (Å²) in [4.78, 5) is 0. The van der Waals surface area contributed by atoms with Crippen LogP contribution in [0.5, 0.6) is 0 Å². The molecule has 3 heteroatoms. The van der Waals surface area contributed by atoms with Gasteiger partial charge in [0.05, 0.1) is 0 Å². The maximum Gasteiger partial charge on any atom is 0.0454 e. The predicted octanol–water partition coefficient (Wildman–Crippen LogP) is 3.50. The van der Waals surface area contributed by atoms with Crippen molar-refractivity contribution in [1.82, 2.24) is 5.32 Å². The van der Waals surface area contributed by atoms with E-state index in [9.17, 15) is 0 Å². The largest absolute Gasteiger partial charge is 0.303 e. The highest BCUT2D eigenvalue weighted by Gasteiger charge is 2.28. The Hall–Kier alpha value is -0.180. The van der Waals surface area contributed by atoms with Gasteiger partial charge >= 0.3 is 0 Å². The average molecular weight is 242 g/mol. The monoisotopic (exact) mass is 241 g/mol. The summed E-state index contributed by atoms with van der Waals surface area (Å²) >= 11 is 8.19. The first-order valence-electron chi connectivity index (χ1n) is 5.18. The minimum Gasteiger partial charge on any atom is -0.303 e. The second-order valence-electron chi connectivity index (χ2n) is 4.62. The molecule has 1 nitrogen and oxygen atoms in total. The molecular formula is C12H16ClNS. The molecule has 1 saturated heterocycles. The quantitative estimate of drug-likeness (QED) is 0.808. The van der Waals surface area contributed by atoms with Gasteiger partial charge in [-0.3, -0.25) is 0 Å². The topological polar surface area (TPSA) is 12.0 Å². The molecule has 0 spiro atoms. The van der Waals surface area contributed by atoms with Gasteiger partial charge in [0.25, 0.3) is 0 Å². The van der Waals surface area contributed by atoms with Gasteiger partial charge in [-0.05, 0) is 25.5 Å². The van der Waals surface area contributed by atoms with Crippen molar-refractivity contribution in [2.75, 3.05) is 11.5 Å². The Labute approximate surface area is 101 Å². The number of rotatable bonds is 1. The molecule has 1 aliphatic heterocycles. The normalized spacial score (nSPS) is 25.1. The van der Waals surface area contributed by atoms with Crippen LogP contribution >= 0.6 is 23.4 Å². The van der Waals surface area contributed by atoms with E-state index in [1.165, 1.54) is 5.56 Å². The zero-order valence-electron chi connectivity index (χ0n) is 9.09. The molecule has 1 atom stereocenters. The second-order valence-corrected chi connectivity index (χ2v) is 6.05. The van der Waals surface area contributed by atoms with E-state index in [0.29, 0.717) is 6.04 Å². The molecule has 1 unspecified atom stereocenters. The van der Waals surface area contributed by atoms with Gasteiger partial charge in [-0.25, -0.2) is 0 Å². The van der Waals surface area contributed by atoms with E-state index in [2.05, 4.69) is 31.3 Å². The molecule has 1 N–H and O–H groups in total. The Morgan fingerprint density at radius 1 is 1.40 bits per heavy atom. The molecule has 0 bridgehead atoms. The molecule has 82 valence electrons. The van der Waals surface area contributed by atoms with Crippen molar-refractivity contribution in [2.24, 2.45) is 0 Å². The second kappa shape index (κ2) is 4.36. The molecule has 2 rings (SSSR count). The van der Waals surface area contributed by atoms with E-state index in [0.717, 1.165) is 16.5 Å². The molecule has 0 aromatic heterocycles. The molecule has 0 aliphatic carbocycles. The minimum absolute atomic E-state index is 0.201. The van der Waals surface area contributed by atoms with Gasteiger partial charge in [-0.15, -0.1) is 0 Å². The summed E-state index contributed by atoms with van der Waals surface area (Å²) in [5.74, 6) is 2.26. The van der Waals surface area contributed by atoms with Gasteiger partial charge in [-0.2, -0.15) is 11.8 Å². The molecule has 1 aromatic carbocycles. The molecule has 0 saturated carbocycles. The first-order valence-corrected chi connectivity index (χ1v) is 6.72. The van der Waals surface area contributed by atoms with Crippen molar-refractivity contribution in [3.8, 4) is 0 Å². The van der Waals surface area contributed by atoms with Crippen molar-refractivity contribution < 1.29 is 0 Å². The summed E-state index contributed by atoms with van der Waals surface area (Å²) in [6.45, 7) is 4.48. The minimum atomic E-state index is 0.201. The van der Waals surface area contributed by atoms with Crippen LogP contribution in [0.3, 0.4) is 0 Å². The van der Waals surface area contributed by atoms with Crippen molar-refractivity contribution in [3.63, 3.8) is 0 Å². The molecular weight excluding hydrogens is 226 g/mol. The standard InChI is InChI=1S/C12H16ClNS/c1-12(2)8-15-7-11(14-12)9-5-3-4-6-10(9)13/h3-6,11,14H,7-8H2,1-2H3. The van der Waals surface area contributed by atoms with Crippen molar-refractivity contribution in [3.05, 3.63) is 34.9 Å². The third-order valence-corrected chi connectivity index (χ3v) is 4.43. The Morgan fingerprint density at radius 2 is 2.13 bits per heavy atom. The average Bonchev–Trinajstić information content (AvgIpc) is 2.17. The SMILES string of the molecule is CC1(C)CSCC(c2ccccc2Cl)N1. The van der Waals surface area contributed by atoms with E-state index >= 15 is 0 Å². The summed E-state index contributed by atoms with van der Waals surface area (Å²) in [6, 6.07) is 8.49. The Morgan fingerprint density at radius 3 is 2.80 bits per heavy atom. The van der Waals surface area contributed by atoms with Crippen molar-refractivity contribution in [2.45, 2.75) is 25.4 Å². The maximum atomic E-state index is 6.20. The zero-order valence-corrected chi connectivity index (χ0v) is 10.7. The summed E-state index contributed by atoms with van der Waals surface area (Å²) < 4.78 is 0. The molecule has 1 aromatic rings. The fraction of sp³-hybridized carbons (Fsp3) is 0.500. The lowest BCUT2D eigenvalue weighted by molar-refractivity contribution is 0.376. The predicted molar refractivity (Wildman–Crippen MR) is 68.7 cm³/mol. The van der Waals surface area contributed by atoms with Crippen molar-refractivity contribution in [1.29, 1.82) is 0 Å². The van der Waals surface area contributed by atoms with E-state index in [-0.39, 0.29) is 5.54 Å². The highest BCUT2D eigenvalue weighted by Crippen LogP contribution is 2.32. The fourth-order valence-corrected chi connectivity index (χ4v) is 3.39. The molecule has 15 heavy (non-hydrogen) atoms. The lowest BCUT2D eigenvalue weighted by atomic mass is 10.0. The van der Waals surface area contributed by atoms with Crippen LogP contribution in [0.4, 0.5) is 0 Å². The number of thioether (sulfide) groups is 1. The lowest BCUT2D eigenvalue weighted by Gasteiger charge is -2.37. The Balaban J connectivity index is 2.21. The molecule has 1 heterocycles. The third-order valence-electron chi connectivity index (χ3n) is 2.59. The van der Waals surface area contributed by atoms with Gasteiger partial charge in [0.1, 0.15) is 0 Å². The highest BCUT2D eigenvalue weighted by molar-refractivity contribution is 7.99. The van der Waals surface area contributed by atoms with Crippen LogP contribution in [-0.4, -0.2) is 17.0 Å². The van der Waals surface area contributed by atoms with Crippen LogP contribution in [0.2, 0.25) is 5.02 Å². The van der Waals surface area contributed by atoms with E-state index < -0.39 is 0 Å². The van der Waals surface area contributed by atoms with Crippen LogP contribution < -0.4 is 5.32 Å². The summed E-state index contributed by atoms with van der Waals surface area (Å²) in [7, 11) is 0. The van der Waals surface area contributed by atoms with Crippen molar-refractivity contribution >= 4 is 23.4 Å². The van der Waals surface area contributed by atoms with Gasteiger partial charge in [0.2, 0.25) is 0 Å². The number of hydrogen-bond donors (Lipinski definition) is 1. The molecule has 1 fully saturated rings. The molecule has 1 aliphatic rings. The smallest absolute Gasteiger partial charge is 0.0454 e. The number of nitrogens with one attached hydrogen (secondary N) is 1. The number of benzene rings is 1. The fourth-order valence-electron chi connectivity index (χ4n) is 1.91. The van der Waals surface area contributed by atoms with Gasteiger partial charge in [0.15, 0.2) is 0 Å². The van der Waals surface area contributed by atoms with Gasteiger partial charge in [0, 0.05) is 28.1 Å². The molecule has 0 amide bonds. The first-order chi connectivity index (χ1) is 7.08. The Kier molecular flexibility index (Phi) is 3.29. The van der Waals surface area contributed by atoms with Crippen LogP contribution in [0.1, 0.15) is 25.5 Å². The van der Waals surface area contributed by atoms with Crippen LogP contribution in [0, 0.1) is 0 Å². The zero-order chi connectivity index (χ0) is 10.9. The van der Waals surface area contributed by atoms with E-state index in [4.69, 9.17) is 11.6 Å². The molecule has 0 radical (unpaired) electrons.